The third-order valence-electron chi connectivity index (χ3n) is 3.93. The molecule has 0 radical (unpaired) electrons. The standard InChI is InChI=1S/C15H23ClN2O4S/c1-21-14-10-13(16)9-12(15(14)22-2)11-17-5-4-6-18(8-7-17)23(3,19)20/h9-10H,4-8,11H2,1-3H3. The molecule has 1 heterocycles. The van der Waals surface area contributed by atoms with Gasteiger partial charge < -0.3 is 9.47 Å². The zero-order chi connectivity index (χ0) is 17.0. The highest BCUT2D eigenvalue weighted by molar-refractivity contribution is 7.88. The van der Waals surface area contributed by atoms with Crippen molar-refractivity contribution >= 4 is 21.6 Å². The maximum atomic E-state index is 11.7. The molecule has 2 rings (SSSR count). The second-order valence-corrected chi connectivity index (χ2v) is 8.01. The van der Waals surface area contributed by atoms with E-state index < -0.39 is 10.0 Å². The van der Waals surface area contributed by atoms with Gasteiger partial charge in [-0.25, -0.2) is 12.7 Å². The summed E-state index contributed by atoms with van der Waals surface area (Å²) in [6.07, 6.45) is 2.06. The molecular formula is C15H23ClN2O4S. The lowest BCUT2D eigenvalue weighted by Crippen LogP contribution is -2.34. The fourth-order valence-corrected chi connectivity index (χ4v) is 3.91. The summed E-state index contributed by atoms with van der Waals surface area (Å²) in [5, 5.41) is 0.588. The highest BCUT2D eigenvalue weighted by Crippen LogP contribution is 2.35. The Kier molecular flexibility index (Phi) is 6.13. The van der Waals surface area contributed by atoms with Crippen LogP contribution in [-0.4, -0.2) is 64.3 Å². The molecule has 0 bridgehead atoms. The number of sulfonamides is 1. The maximum absolute atomic E-state index is 11.7. The van der Waals surface area contributed by atoms with E-state index in [1.165, 1.54) is 10.6 Å². The molecule has 0 amide bonds. The van der Waals surface area contributed by atoms with Gasteiger partial charge in [-0.2, -0.15) is 0 Å². The molecule has 23 heavy (non-hydrogen) atoms. The molecular weight excluding hydrogens is 340 g/mol. The van der Waals surface area contributed by atoms with Gasteiger partial charge in [-0.05, 0) is 19.0 Å². The fraction of sp³-hybridized carbons (Fsp3) is 0.600. The van der Waals surface area contributed by atoms with E-state index in [2.05, 4.69) is 4.90 Å². The van der Waals surface area contributed by atoms with Crippen molar-refractivity contribution in [1.29, 1.82) is 0 Å². The Morgan fingerprint density at radius 3 is 2.48 bits per heavy atom. The Morgan fingerprint density at radius 2 is 1.87 bits per heavy atom. The molecule has 1 aromatic rings. The molecule has 0 N–H and O–H groups in total. The van der Waals surface area contributed by atoms with Crippen molar-refractivity contribution in [3.63, 3.8) is 0 Å². The van der Waals surface area contributed by atoms with Crippen LogP contribution in [-0.2, 0) is 16.6 Å². The summed E-state index contributed by atoms with van der Waals surface area (Å²) < 4.78 is 35.7. The van der Waals surface area contributed by atoms with Gasteiger partial charge in [0.25, 0.3) is 0 Å². The second kappa shape index (κ2) is 7.70. The van der Waals surface area contributed by atoms with Crippen LogP contribution >= 0.6 is 11.6 Å². The number of ether oxygens (including phenoxy) is 2. The van der Waals surface area contributed by atoms with Gasteiger partial charge in [-0.1, -0.05) is 11.6 Å². The monoisotopic (exact) mass is 362 g/mol. The van der Waals surface area contributed by atoms with Crippen LogP contribution in [0.15, 0.2) is 12.1 Å². The van der Waals surface area contributed by atoms with Gasteiger partial charge in [-0.3, -0.25) is 4.90 Å². The van der Waals surface area contributed by atoms with Gasteiger partial charge in [0.1, 0.15) is 0 Å². The van der Waals surface area contributed by atoms with Crippen LogP contribution in [0.5, 0.6) is 11.5 Å². The number of methoxy groups -OCH3 is 2. The summed E-state index contributed by atoms with van der Waals surface area (Å²) in [6.45, 7) is 3.19. The van der Waals surface area contributed by atoms with Crippen LogP contribution in [0.4, 0.5) is 0 Å². The Bertz CT molecular complexity index is 651. The van der Waals surface area contributed by atoms with Crippen molar-refractivity contribution in [2.24, 2.45) is 0 Å². The number of nitrogens with zero attached hydrogens (tertiary/aromatic N) is 2. The molecule has 0 atom stereocenters. The zero-order valence-corrected chi connectivity index (χ0v) is 15.3. The SMILES string of the molecule is COc1cc(Cl)cc(CN2CCCN(S(C)(=O)=O)CC2)c1OC. The summed E-state index contributed by atoms with van der Waals surface area (Å²) in [5.74, 6) is 1.27. The maximum Gasteiger partial charge on any atom is 0.211 e. The van der Waals surface area contributed by atoms with Gasteiger partial charge in [0.15, 0.2) is 11.5 Å². The van der Waals surface area contributed by atoms with E-state index >= 15 is 0 Å². The summed E-state index contributed by atoms with van der Waals surface area (Å²) in [4.78, 5) is 2.21. The number of hydrogen-bond acceptors (Lipinski definition) is 5. The smallest absolute Gasteiger partial charge is 0.211 e. The van der Waals surface area contributed by atoms with E-state index in [0.717, 1.165) is 18.5 Å². The van der Waals surface area contributed by atoms with Gasteiger partial charge in [0.05, 0.1) is 20.5 Å². The topological polar surface area (TPSA) is 59.1 Å². The largest absolute Gasteiger partial charge is 0.493 e. The lowest BCUT2D eigenvalue weighted by atomic mass is 10.1. The molecule has 130 valence electrons. The molecule has 1 aliphatic rings. The van der Waals surface area contributed by atoms with Crippen LogP contribution in [0.3, 0.4) is 0 Å². The molecule has 0 unspecified atom stereocenters. The second-order valence-electron chi connectivity index (χ2n) is 5.59. The number of benzene rings is 1. The molecule has 0 saturated carbocycles. The average Bonchev–Trinajstić information content (AvgIpc) is 2.72. The van der Waals surface area contributed by atoms with Crippen LogP contribution in [0.1, 0.15) is 12.0 Å². The predicted molar refractivity (Wildman–Crippen MR) is 90.9 cm³/mol. The Labute approximate surface area is 143 Å². The van der Waals surface area contributed by atoms with Crippen molar-refractivity contribution < 1.29 is 17.9 Å². The molecule has 1 aliphatic heterocycles. The lowest BCUT2D eigenvalue weighted by Gasteiger charge is -2.22. The van der Waals surface area contributed by atoms with Crippen molar-refractivity contribution in [3.05, 3.63) is 22.7 Å². The van der Waals surface area contributed by atoms with Crippen molar-refractivity contribution in [3.8, 4) is 11.5 Å². The van der Waals surface area contributed by atoms with E-state index in [4.69, 9.17) is 21.1 Å². The number of hydrogen-bond donors (Lipinski definition) is 0. The molecule has 1 aromatic carbocycles. The fourth-order valence-electron chi connectivity index (χ4n) is 2.80. The minimum Gasteiger partial charge on any atom is -0.493 e. The quantitative estimate of drug-likeness (QED) is 0.799. The van der Waals surface area contributed by atoms with Gasteiger partial charge in [0.2, 0.25) is 10.0 Å². The number of halogens is 1. The van der Waals surface area contributed by atoms with Gasteiger partial charge >= 0.3 is 0 Å². The highest BCUT2D eigenvalue weighted by atomic mass is 35.5. The third-order valence-corrected chi connectivity index (χ3v) is 5.45. The van der Waals surface area contributed by atoms with E-state index in [-0.39, 0.29) is 0 Å². The van der Waals surface area contributed by atoms with Gasteiger partial charge in [-0.15, -0.1) is 0 Å². The normalized spacial score (nSPS) is 17.7. The first-order valence-corrected chi connectivity index (χ1v) is 9.65. The molecule has 0 spiro atoms. The van der Waals surface area contributed by atoms with E-state index in [9.17, 15) is 8.42 Å². The summed E-state index contributed by atoms with van der Waals surface area (Å²) in [7, 11) is 0.0427. The van der Waals surface area contributed by atoms with Crippen LogP contribution in [0.2, 0.25) is 5.02 Å². The third kappa shape index (κ3) is 4.73. The Hall–Kier alpha value is -1.02. The lowest BCUT2D eigenvalue weighted by molar-refractivity contribution is 0.271. The van der Waals surface area contributed by atoms with Crippen molar-refractivity contribution in [2.45, 2.75) is 13.0 Å². The first kappa shape index (κ1) is 18.3. The van der Waals surface area contributed by atoms with Crippen LogP contribution < -0.4 is 9.47 Å². The van der Waals surface area contributed by atoms with Crippen LogP contribution in [0.25, 0.3) is 0 Å². The first-order valence-electron chi connectivity index (χ1n) is 7.43. The van der Waals surface area contributed by atoms with E-state index in [0.29, 0.717) is 42.7 Å². The molecule has 0 aromatic heterocycles. The van der Waals surface area contributed by atoms with Gasteiger partial charge in [0, 0.05) is 42.8 Å². The van der Waals surface area contributed by atoms with E-state index in [1.54, 1.807) is 20.3 Å². The van der Waals surface area contributed by atoms with Crippen molar-refractivity contribution in [2.75, 3.05) is 46.7 Å². The van der Waals surface area contributed by atoms with Crippen LogP contribution in [0, 0.1) is 0 Å². The molecule has 0 aliphatic carbocycles. The minimum atomic E-state index is -3.13. The molecule has 1 saturated heterocycles. The summed E-state index contributed by atoms with van der Waals surface area (Å²) in [5.41, 5.74) is 0.935. The number of rotatable bonds is 5. The molecule has 8 heteroatoms. The zero-order valence-electron chi connectivity index (χ0n) is 13.7. The molecule has 1 fully saturated rings. The van der Waals surface area contributed by atoms with Crippen molar-refractivity contribution in [1.82, 2.24) is 9.21 Å². The Balaban J connectivity index is 2.15. The minimum absolute atomic E-state index is 0.499. The summed E-state index contributed by atoms with van der Waals surface area (Å²) >= 11 is 6.15. The predicted octanol–water partition coefficient (Wildman–Crippen LogP) is 1.82. The molecule has 6 nitrogen and oxygen atoms in total. The van der Waals surface area contributed by atoms with E-state index in [1.807, 2.05) is 6.07 Å². The first-order chi connectivity index (χ1) is 10.8. The highest BCUT2D eigenvalue weighted by Gasteiger charge is 2.22. The Morgan fingerprint density at radius 1 is 1.13 bits per heavy atom. The summed E-state index contributed by atoms with van der Waals surface area (Å²) in [6, 6.07) is 3.58. The average molecular weight is 363 g/mol.